The maximum absolute atomic E-state index is 11.1. The second kappa shape index (κ2) is 15.6. The molecule has 0 fully saturated rings. The van der Waals surface area contributed by atoms with Crippen molar-refractivity contribution in [3.63, 3.8) is 0 Å². The third-order valence-corrected chi connectivity index (χ3v) is 4.39. The van der Waals surface area contributed by atoms with Crippen LogP contribution in [-0.2, 0) is 15.1 Å². The van der Waals surface area contributed by atoms with Crippen LogP contribution in [0, 0.1) is 0 Å². The van der Waals surface area contributed by atoms with Gasteiger partial charge in [0, 0.05) is 6.42 Å². The summed E-state index contributed by atoms with van der Waals surface area (Å²) in [5.74, 6) is -0.643. The van der Waals surface area contributed by atoms with Gasteiger partial charge in [0.2, 0.25) is 5.91 Å². The summed E-state index contributed by atoms with van der Waals surface area (Å²) in [5.41, 5.74) is 0. The van der Waals surface area contributed by atoms with Crippen molar-refractivity contribution in [2.24, 2.45) is 0 Å². The molecule has 24 heavy (non-hydrogen) atoms. The lowest BCUT2D eigenvalue weighted by Gasteiger charge is -2.02. The predicted octanol–water partition coefficient (Wildman–Crippen LogP) is 4.94. The number of unbranched alkanes of at least 4 members (excludes halogenated alkanes) is 11. The van der Waals surface area contributed by atoms with Crippen molar-refractivity contribution in [2.75, 3.05) is 0 Å². The van der Waals surface area contributed by atoms with Gasteiger partial charge in [0.25, 0.3) is 0 Å². The van der Waals surface area contributed by atoms with Gasteiger partial charge in [0.15, 0.2) is 0 Å². The summed E-state index contributed by atoms with van der Waals surface area (Å²) in [5, 5.41) is 0. The highest BCUT2D eigenvalue weighted by atomic mass is 32.2. The van der Waals surface area contributed by atoms with E-state index in [1.807, 2.05) is 0 Å². The van der Waals surface area contributed by atoms with E-state index in [0.29, 0.717) is 6.42 Å². The molecule has 0 aliphatic carbocycles. The fourth-order valence-corrected chi connectivity index (χ4v) is 2.94. The first-order chi connectivity index (χ1) is 11.5. The molecule has 0 heterocycles. The second-order valence-electron chi connectivity index (χ2n) is 6.33. The molecule has 1 amide bonds. The van der Waals surface area contributed by atoms with Gasteiger partial charge in [0.1, 0.15) is 0 Å². The highest BCUT2D eigenvalue weighted by Crippen LogP contribution is 2.09. The molecule has 2 N–H and O–H groups in total. The fourth-order valence-electron chi connectivity index (χ4n) is 2.55. The van der Waals surface area contributed by atoms with Crippen LogP contribution in [0.5, 0.6) is 0 Å². The predicted molar refractivity (Wildman–Crippen MR) is 99.1 cm³/mol. The molecule has 0 saturated heterocycles. The highest BCUT2D eigenvalue weighted by molar-refractivity contribution is 7.84. The number of hydrogen-bond donors (Lipinski definition) is 2. The molecule has 0 unspecified atom stereocenters. The summed E-state index contributed by atoms with van der Waals surface area (Å²) in [7, 11) is -4.40. The van der Waals surface area contributed by atoms with E-state index in [0.717, 1.165) is 32.1 Å². The van der Waals surface area contributed by atoms with Crippen molar-refractivity contribution in [1.29, 1.82) is 0 Å². The quantitative estimate of drug-likeness (QED) is 0.232. The van der Waals surface area contributed by atoms with Gasteiger partial charge in [-0.2, -0.15) is 8.42 Å². The Labute approximate surface area is 148 Å². The third kappa shape index (κ3) is 19.2. The van der Waals surface area contributed by atoms with Gasteiger partial charge in [-0.3, -0.25) is 9.35 Å². The van der Waals surface area contributed by atoms with Crippen LogP contribution in [-0.4, -0.2) is 18.9 Å². The number of amides is 1. The van der Waals surface area contributed by atoms with Crippen LogP contribution in [0.25, 0.3) is 0 Å². The Morgan fingerprint density at radius 3 is 1.79 bits per heavy atom. The summed E-state index contributed by atoms with van der Waals surface area (Å²) in [6.45, 7) is 2.24. The number of rotatable bonds is 16. The molecule has 0 rings (SSSR count). The lowest BCUT2D eigenvalue weighted by Crippen LogP contribution is -2.29. The van der Waals surface area contributed by atoms with Crippen LogP contribution >= 0.6 is 0 Å². The lowest BCUT2D eigenvalue weighted by atomic mass is 10.1. The van der Waals surface area contributed by atoms with Crippen LogP contribution in [0.3, 0.4) is 0 Å². The van der Waals surface area contributed by atoms with E-state index in [1.54, 1.807) is 4.72 Å². The van der Waals surface area contributed by atoms with E-state index >= 15 is 0 Å². The van der Waals surface area contributed by atoms with Crippen LogP contribution in [0.4, 0.5) is 0 Å². The molecular weight excluding hydrogens is 326 g/mol. The minimum atomic E-state index is -4.40. The van der Waals surface area contributed by atoms with Crippen LogP contribution in [0.2, 0.25) is 0 Å². The average molecular weight is 362 g/mol. The van der Waals surface area contributed by atoms with Gasteiger partial charge in [-0.05, 0) is 32.1 Å². The summed E-state index contributed by atoms with van der Waals surface area (Å²) < 4.78 is 30.8. The minimum Gasteiger partial charge on any atom is -0.274 e. The fraction of sp³-hybridized carbons (Fsp3) is 0.833. The standard InChI is InChI=1S/C18H35NO4S/c1-2-3-4-5-6-7-8-9-10-11-12-13-14-15-16-17-18(20)19-24(21,22)23/h9-10H,2-8,11-17H2,1H3,(H,19,20)(H,21,22,23)/b10-9-. The topological polar surface area (TPSA) is 83.5 Å². The summed E-state index contributed by atoms with van der Waals surface area (Å²) in [6.07, 6.45) is 19.9. The average Bonchev–Trinajstić information content (AvgIpc) is 2.49. The number of allylic oxidation sites excluding steroid dienone is 2. The van der Waals surface area contributed by atoms with Crippen LogP contribution < -0.4 is 4.72 Å². The Kier molecular flexibility index (Phi) is 15.1. The van der Waals surface area contributed by atoms with E-state index in [2.05, 4.69) is 19.1 Å². The molecule has 0 aliphatic heterocycles. The zero-order chi connectivity index (χ0) is 18.1. The van der Waals surface area contributed by atoms with E-state index in [-0.39, 0.29) is 6.42 Å². The lowest BCUT2D eigenvalue weighted by molar-refractivity contribution is -0.119. The van der Waals surface area contributed by atoms with Gasteiger partial charge in [-0.1, -0.05) is 70.4 Å². The van der Waals surface area contributed by atoms with E-state index < -0.39 is 16.2 Å². The molecular formula is C18H35NO4S. The maximum Gasteiger partial charge on any atom is 0.359 e. The molecule has 0 spiro atoms. The van der Waals surface area contributed by atoms with E-state index in [9.17, 15) is 13.2 Å². The van der Waals surface area contributed by atoms with Gasteiger partial charge in [-0.25, -0.2) is 4.72 Å². The molecule has 0 aromatic carbocycles. The Hall–Kier alpha value is -0.880. The molecule has 0 aliphatic rings. The Bertz CT molecular complexity index is 432. The zero-order valence-corrected chi connectivity index (χ0v) is 16.0. The molecule has 0 aromatic heterocycles. The van der Waals surface area contributed by atoms with Crippen molar-refractivity contribution in [1.82, 2.24) is 4.72 Å². The van der Waals surface area contributed by atoms with E-state index in [4.69, 9.17) is 4.55 Å². The third-order valence-electron chi connectivity index (χ3n) is 3.91. The van der Waals surface area contributed by atoms with Crippen LogP contribution in [0.15, 0.2) is 12.2 Å². The van der Waals surface area contributed by atoms with E-state index in [1.165, 1.54) is 44.9 Å². The van der Waals surface area contributed by atoms with Crippen molar-refractivity contribution >= 4 is 16.2 Å². The normalized spacial score (nSPS) is 11.9. The Morgan fingerprint density at radius 1 is 0.833 bits per heavy atom. The number of nitrogens with one attached hydrogen (secondary N) is 1. The minimum absolute atomic E-state index is 0.137. The first kappa shape index (κ1) is 23.1. The molecule has 0 atom stereocenters. The van der Waals surface area contributed by atoms with Gasteiger partial charge in [-0.15, -0.1) is 0 Å². The second-order valence-corrected chi connectivity index (χ2v) is 7.49. The van der Waals surface area contributed by atoms with Gasteiger partial charge in [0.05, 0.1) is 0 Å². The molecule has 0 bridgehead atoms. The molecule has 0 radical (unpaired) electrons. The van der Waals surface area contributed by atoms with Crippen molar-refractivity contribution in [3.8, 4) is 0 Å². The van der Waals surface area contributed by atoms with Crippen molar-refractivity contribution in [3.05, 3.63) is 12.2 Å². The van der Waals surface area contributed by atoms with Crippen LogP contribution in [0.1, 0.15) is 96.8 Å². The maximum atomic E-state index is 11.1. The number of carbonyl (C=O) groups is 1. The monoisotopic (exact) mass is 361 g/mol. The number of carbonyl (C=O) groups excluding carboxylic acids is 1. The first-order valence-corrected chi connectivity index (χ1v) is 10.8. The molecule has 0 aromatic rings. The van der Waals surface area contributed by atoms with Crippen molar-refractivity contribution < 1.29 is 17.8 Å². The molecule has 142 valence electrons. The summed E-state index contributed by atoms with van der Waals surface area (Å²) in [4.78, 5) is 11.1. The summed E-state index contributed by atoms with van der Waals surface area (Å²) in [6, 6.07) is 0. The number of hydrogen-bond acceptors (Lipinski definition) is 3. The Balaban J connectivity index is 3.27. The molecule has 5 nitrogen and oxygen atoms in total. The Morgan fingerprint density at radius 2 is 1.29 bits per heavy atom. The van der Waals surface area contributed by atoms with Gasteiger partial charge < -0.3 is 0 Å². The van der Waals surface area contributed by atoms with Crippen molar-refractivity contribution in [2.45, 2.75) is 96.8 Å². The largest absolute Gasteiger partial charge is 0.359 e. The zero-order valence-electron chi connectivity index (χ0n) is 15.1. The highest BCUT2D eigenvalue weighted by Gasteiger charge is 2.08. The molecule has 6 heteroatoms. The summed E-state index contributed by atoms with van der Waals surface area (Å²) >= 11 is 0. The first-order valence-electron chi connectivity index (χ1n) is 9.38. The smallest absolute Gasteiger partial charge is 0.274 e. The SMILES string of the molecule is CCCCCCCC/C=C\CCCCCCCC(=O)NS(=O)(=O)O. The van der Waals surface area contributed by atoms with Gasteiger partial charge >= 0.3 is 10.3 Å². The molecule has 0 saturated carbocycles.